The van der Waals surface area contributed by atoms with Crippen LogP contribution in [0.1, 0.15) is 33.1 Å². The minimum Gasteiger partial charge on any atom is -0.377 e. The maximum absolute atomic E-state index is 11.3. The molecule has 1 N–H and O–H groups in total. The Bertz CT molecular complexity index is 374. The van der Waals surface area contributed by atoms with E-state index in [1.807, 2.05) is 0 Å². The first-order valence-electron chi connectivity index (χ1n) is 7.15. The van der Waals surface area contributed by atoms with Crippen molar-refractivity contribution in [2.24, 2.45) is 0 Å². The number of rotatable bonds is 5. The van der Waals surface area contributed by atoms with Gasteiger partial charge in [0, 0.05) is 12.6 Å². The van der Waals surface area contributed by atoms with E-state index in [9.17, 15) is 8.42 Å². The second kappa shape index (κ2) is 6.52. The summed E-state index contributed by atoms with van der Waals surface area (Å²) in [4.78, 5) is 0. The van der Waals surface area contributed by atoms with Crippen LogP contribution >= 0.6 is 0 Å². The van der Waals surface area contributed by atoms with Gasteiger partial charge in [-0.1, -0.05) is 0 Å². The van der Waals surface area contributed by atoms with Crippen LogP contribution in [0, 0.1) is 0 Å². The average molecular weight is 291 g/mol. The zero-order valence-corrected chi connectivity index (χ0v) is 12.6. The van der Waals surface area contributed by atoms with Crippen molar-refractivity contribution < 1.29 is 17.9 Å². The largest absolute Gasteiger partial charge is 0.377 e. The van der Waals surface area contributed by atoms with Crippen molar-refractivity contribution in [2.45, 2.75) is 57.5 Å². The Balaban J connectivity index is 1.59. The molecule has 0 aromatic carbocycles. The predicted molar refractivity (Wildman–Crippen MR) is 74.0 cm³/mol. The maximum Gasteiger partial charge on any atom is 0.151 e. The lowest BCUT2D eigenvalue weighted by molar-refractivity contribution is -0.101. The van der Waals surface area contributed by atoms with E-state index in [1.165, 1.54) is 0 Å². The van der Waals surface area contributed by atoms with Gasteiger partial charge in [0.2, 0.25) is 0 Å². The summed E-state index contributed by atoms with van der Waals surface area (Å²) in [6.07, 6.45) is 3.43. The molecule has 2 rings (SSSR count). The Hall–Kier alpha value is -0.170. The predicted octanol–water partition coefficient (Wildman–Crippen LogP) is 0.736. The molecule has 0 radical (unpaired) electrons. The van der Waals surface area contributed by atoms with Gasteiger partial charge in [0.1, 0.15) is 0 Å². The van der Waals surface area contributed by atoms with Crippen LogP contribution in [-0.4, -0.2) is 57.4 Å². The second-order valence-corrected chi connectivity index (χ2v) is 8.00. The second-order valence-electron chi connectivity index (χ2n) is 5.78. The minimum atomic E-state index is -2.79. The van der Waals surface area contributed by atoms with E-state index < -0.39 is 9.84 Å². The number of hydrogen-bond donors (Lipinski definition) is 1. The van der Waals surface area contributed by atoms with Crippen LogP contribution in [0.25, 0.3) is 0 Å². The topological polar surface area (TPSA) is 64.6 Å². The van der Waals surface area contributed by atoms with E-state index >= 15 is 0 Å². The molecule has 5 nitrogen and oxygen atoms in total. The monoisotopic (exact) mass is 291 g/mol. The van der Waals surface area contributed by atoms with Crippen molar-refractivity contribution >= 4 is 9.84 Å². The standard InChI is InChI=1S/C13H25NO4S/c1-10-7-13(8-11(2)18-10)17-5-4-14-12-3-6-19(15,16)9-12/h10-14H,3-9H2,1-2H3. The first-order valence-corrected chi connectivity index (χ1v) is 8.97. The molecule has 2 fully saturated rings. The average Bonchev–Trinajstić information content (AvgIpc) is 2.63. The Morgan fingerprint density at radius 2 is 1.95 bits per heavy atom. The van der Waals surface area contributed by atoms with Gasteiger partial charge in [0.15, 0.2) is 9.84 Å². The summed E-state index contributed by atoms with van der Waals surface area (Å²) in [6, 6.07) is 0.112. The highest BCUT2D eigenvalue weighted by Crippen LogP contribution is 2.21. The van der Waals surface area contributed by atoms with Gasteiger partial charge < -0.3 is 14.8 Å². The molecular formula is C13H25NO4S. The summed E-state index contributed by atoms with van der Waals surface area (Å²) < 4.78 is 34.1. The lowest BCUT2D eigenvalue weighted by Gasteiger charge is -2.32. The summed E-state index contributed by atoms with van der Waals surface area (Å²) in [5.74, 6) is 0.596. The molecule has 0 aromatic heterocycles. The third-order valence-electron chi connectivity index (χ3n) is 3.78. The van der Waals surface area contributed by atoms with Crippen molar-refractivity contribution in [1.29, 1.82) is 0 Å². The highest BCUT2D eigenvalue weighted by Gasteiger charge is 2.27. The zero-order chi connectivity index (χ0) is 13.9. The molecular weight excluding hydrogens is 266 g/mol. The van der Waals surface area contributed by atoms with E-state index in [2.05, 4.69) is 19.2 Å². The summed E-state index contributed by atoms with van der Waals surface area (Å²) in [5.41, 5.74) is 0. The molecule has 0 saturated carbocycles. The normalized spacial score (nSPS) is 38.4. The molecule has 0 aromatic rings. The molecule has 0 aliphatic carbocycles. The molecule has 0 spiro atoms. The molecule has 3 unspecified atom stereocenters. The Morgan fingerprint density at radius 1 is 1.26 bits per heavy atom. The van der Waals surface area contributed by atoms with Crippen molar-refractivity contribution in [3.8, 4) is 0 Å². The van der Waals surface area contributed by atoms with E-state index in [0.717, 1.165) is 25.8 Å². The lowest BCUT2D eigenvalue weighted by Crippen LogP contribution is -2.37. The van der Waals surface area contributed by atoms with Gasteiger partial charge in [-0.25, -0.2) is 8.42 Å². The van der Waals surface area contributed by atoms with Gasteiger partial charge in [-0.15, -0.1) is 0 Å². The molecule has 0 bridgehead atoms. The number of hydrogen-bond acceptors (Lipinski definition) is 5. The third-order valence-corrected chi connectivity index (χ3v) is 5.54. The van der Waals surface area contributed by atoms with Crippen molar-refractivity contribution in [3.63, 3.8) is 0 Å². The maximum atomic E-state index is 11.3. The molecule has 2 aliphatic heterocycles. The fourth-order valence-electron chi connectivity index (χ4n) is 2.93. The van der Waals surface area contributed by atoms with Gasteiger partial charge in [0.05, 0.1) is 36.4 Å². The van der Waals surface area contributed by atoms with E-state index in [4.69, 9.17) is 9.47 Å². The Kier molecular flexibility index (Phi) is 5.22. The summed E-state index contributed by atoms with van der Waals surface area (Å²) in [6.45, 7) is 5.52. The van der Waals surface area contributed by atoms with Crippen LogP contribution in [0.3, 0.4) is 0 Å². The van der Waals surface area contributed by atoms with Crippen LogP contribution in [0.4, 0.5) is 0 Å². The van der Waals surface area contributed by atoms with E-state index in [-0.39, 0.29) is 30.1 Å². The molecule has 19 heavy (non-hydrogen) atoms. The Labute approximate surface area is 116 Å². The van der Waals surface area contributed by atoms with Crippen LogP contribution < -0.4 is 5.32 Å². The van der Waals surface area contributed by atoms with Gasteiger partial charge in [-0.2, -0.15) is 0 Å². The number of nitrogens with one attached hydrogen (secondary N) is 1. The summed E-state index contributed by atoms with van der Waals surface area (Å²) >= 11 is 0. The molecule has 6 heteroatoms. The molecule has 0 amide bonds. The van der Waals surface area contributed by atoms with Crippen LogP contribution in [0.2, 0.25) is 0 Å². The van der Waals surface area contributed by atoms with Crippen LogP contribution in [-0.2, 0) is 19.3 Å². The number of sulfone groups is 1. The van der Waals surface area contributed by atoms with Crippen LogP contribution in [0.15, 0.2) is 0 Å². The van der Waals surface area contributed by atoms with Gasteiger partial charge in [-0.05, 0) is 33.1 Å². The SMILES string of the molecule is CC1CC(OCCNC2CCS(=O)(=O)C2)CC(C)O1. The first kappa shape index (κ1) is 15.2. The first-order chi connectivity index (χ1) is 8.94. The van der Waals surface area contributed by atoms with Crippen molar-refractivity contribution in [1.82, 2.24) is 5.32 Å². The summed E-state index contributed by atoms with van der Waals surface area (Å²) in [7, 11) is -2.79. The van der Waals surface area contributed by atoms with Crippen molar-refractivity contribution in [2.75, 3.05) is 24.7 Å². The van der Waals surface area contributed by atoms with E-state index in [0.29, 0.717) is 12.4 Å². The molecule has 112 valence electrons. The minimum absolute atomic E-state index is 0.112. The van der Waals surface area contributed by atoms with Crippen molar-refractivity contribution in [3.05, 3.63) is 0 Å². The molecule has 2 aliphatic rings. The molecule has 2 saturated heterocycles. The highest BCUT2D eigenvalue weighted by molar-refractivity contribution is 7.91. The van der Waals surface area contributed by atoms with E-state index in [1.54, 1.807) is 0 Å². The summed E-state index contributed by atoms with van der Waals surface area (Å²) in [5, 5.41) is 3.26. The van der Waals surface area contributed by atoms with Crippen LogP contribution in [0.5, 0.6) is 0 Å². The molecule has 3 atom stereocenters. The van der Waals surface area contributed by atoms with Gasteiger partial charge >= 0.3 is 0 Å². The fourth-order valence-corrected chi connectivity index (χ4v) is 4.63. The molecule has 2 heterocycles. The quantitative estimate of drug-likeness (QED) is 0.757. The zero-order valence-electron chi connectivity index (χ0n) is 11.8. The number of ether oxygens (including phenoxy) is 2. The highest BCUT2D eigenvalue weighted by atomic mass is 32.2. The smallest absolute Gasteiger partial charge is 0.151 e. The lowest BCUT2D eigenvalue weighted by atomic mass is 10.0. The van der Waals surface area contributed by atoms with Gasteiger partial charge in [-0.3, -0.25) is 0 Å². The fraction of sp³-hybridized carbons (Fsp3) is 1.00. The van der Waals surface area contributed by atoms with Gasteiger partial charge in [0.25, 0.3) is 0 Å². The Morgan fingerprint density at radius 3 is 2.53 bits per heavy atom. The third kappa shape index (κ3) is 5.02.